The number of rotatable bonds is 1. The summed E-state index contributed by atoms with van der Waals surface area (Å²) in [5.41, 5.74) is 0.676. The van der Waals surface area contributed by atoms with Crippen molar-refractivity contribution in [3.63, 3.8) is 0 Å². The molecule has 0 fully saturated rings. The monoisotopic (exact) mass is 253 g/mol. The molecule has 0 spiro atoms. The van der Waals surface area contributed by atoms with Crippen molar-refractivity contribution in [3.8, 4) is 5.82 Å². The zero-order chi connectivity index (χ0) is 10.1. The predicted molar refractivity (Wildman–Crippen MR) is 56.6 cm³/mol. The van der Waals surface area contributed by atoms with E-state index in [-0.39, 0.29) is 5.69 Å². The largest absolute Gasteiger partial charge is 0.331 e. The Morgan fingerprint density at radius 1 is 1.50 bits per heavy atom. The quantitative estimate of drug-likeness (QED) is 0.840. The minimum absolute atomic E-state index is 0.181. The minimum Gasteiger partial charge on any atom is -0.312 e. The number of pyridine rings is 1. The summed E-state index contributed by atoms with van der Waals surface area (Å²) < 4.78 is 2.39. The van der Waals surface area contributed by atoms with E-state index in [4.69, 9.17) is 0 Å². The van der Waals surface area contributed by atoms with Crippen LogP contribution in [-0.2, 0) is 0 Å². The molecule has 2 aromatic heterocycles. The zero-order valence-corrected chi connectivity index (χ0v) is 9.08. The van der Waals surface area contributed by atoms with Gasteiger partial charge in [-0.3, -0.25) is 4.57 Å². The lowest BCUT2D eigenvalue weighted by molar-refractivity contribution is 0.926. The Hall–Kier alpha value is -1.36. The first-order valence-corrected chi connectivity index (χ1v) is 4.87. The molecule has 14 heavy (non-hydrogen) atoms. The Morgan fingerprint density at radius 2 is 2.29 bits per heavy atom. The minimum atomic E-state index is -0.181. The van der Waals surface area contributed by atoms with E-state index in [2.05, 4.69) is 25.9 Å². The number of aryl methyl sites for hydroxylation is 1. The molecule has 2 aromatic rings. The molecule has 72 valence electrons. The first kappa shape index (κ1) is 9.21. The number of nitrogens with zero attached hydrogens (tertiary/aromatic N) is 2. The number of hydrogen-bond donors (Lipinski definition) is 1. The average Bonchev–Trinajstić information content (AvgIpc) is 2.57. The molecule has 0 aliphatic heterocycles. The highest BCUT2D eigenvalue weighted by Gasteiger charge is 2.02. The van der Waals surface area contributed by atoms with Gasteiger partial charge in [0.05, 0.1) is 5.69 Å². The maximum Gasteiger partial charge on any atom is 0.331 e. The lowest BCUT2D eigenvalue weighted by Gasteiger charge is -2.02. The van der Waals surface area contributed by atoms with E-state index in [9.17, 15) is 4.79 Å². The van der Waals surface area contributed by atoms with Crippen LogP contribution in [0.1, 0.15) is 5.69 Å². The molecule has 0 radical (unpaired) electrons. The highest BCUT2D eigenvalue weighted by molar-refractivity contribution is 9.10. The lowest BCUT2D eigenvalue weighted by Crippen LogP contribution is -2.15. The van der Waals surface area contributed by atoms with E-state index in [1.807, 2.05) is 13.0 Å². The van der Waals surface area contributed by atoms with E-state index in [0.29, 0.717) is 5.82 Å². The number of imidazole rings is 1. The van der Waals surface area contributed by atoms with Gasteiger partial charge in [0.15, 0.2) is 0 Å². The van der Waals surface area contributed by atoms with E-state index in [1.165, 1.54) is 4.57 Å². The molecule has 0 bridgehead atoms. The number of H-pyrrole nitrogens is 1. The molecule has 4 nitrogen and oxygen atoms in total. The number of nitrogens with one attached hydrogen (secondary N) is 1. The standard InChI is InChI=1S/C9H8BrN3O/c1-6-7(10)2-3-8(12-6)13-5-4-11-9(13)14/h2-5H,1H3,(H,11,14). The zero-order valence-electron chi connectivity index (χ0n) is 7.49. The summed E-state index contributed by atoms with van der Waals surface area (Å²) in [6.45, 7) is 1.88. The van der Waals surface area contributed by atoms with Crippen LogP contribution in [0.4, 0.5) is 0 Å². The first-order chi connectivity index (χ1) is 6.68. The van der Waals surface area contributed by atoms with Crippen LogP contribution < -0.4 is 5.69 Å². The first-order valence-electron chi connectivity index (χ1n) is 4.08. The van der Waals surface area contributed by atoms with Crippen molar-refractivity contribution in [3.05, 3.63) is 45.2 Å². The molecule has 0 aliphatic carbocycles. The van der Waals surface area contributed by atoms with Crippen LogP contribution in [0, 0.1) is 6.92 Å². The van der Waals surface area contributed by atoms with Crippen molar-refractivity contribution in [2.45, 2.75) is 6.92 Å². The third kappa shape index (κ3) is 1.50. The van der Waals surface area contributed by atoms with Gasteiger partial charge in [-0.1, -0.05) is 0 Å². The van der Waals surface area contributed by atoms with Crippen molar-refractivity contribution >= 4 is 15.9 Å². The lowest BCUT2D eigenvalue weighted by atomic mass is 10.4. The number of aromatic nitrogens is 3. The fourth-order valence-corrected chi connectivity index (χ4v) is 1.39. The maximum atomic E-state index is 11.3. The van der Waals surface area contributed by atoms with Crippen molar-refractivity contribution in [1.29, 1.82) is 0 Å². The van der Waals surface area contributed by atoms with Gasteiger partial charge in [-0.25, -0.2) is 9.78 Å². The summed E-state index contributed by atoms with van der Waals surface area (Å²) in [6.07, 6.45) is 3.24. The Kier molecular flexibility index (Phi) is 2.25. The topological polar surface area (TPSA) is 50.7 Å². The third-order valence-corrected chi connectivity index (χ3v) is 2.74. The second-order valence-corrected chi connectivity index (χ2v) is 3.73. The summed E-state index contributed by atoms with van der Waals surface area (Å²) in [6, 6.07) is 3.66. The SMILES string of the molecule is Cc1nc(-n2cc[nH]c2=O)ccc1Br. The summed E-state index contributed by atoms with van der Waals surface area (Å²) in [4.78, 5) is 18.1. The second-order valence-electron chi connectivity index (χ2n) is 2.87. The maximum absolute atomic E-state index is 11.3. The van der Waals surface area contributed by atoms with Crippen LogP contribution in [0.3, 0.4) is 0 Å². The molecule has 1 N–H and O–H groups in total. The molecular weight excluding hydrogens is 246 g/mol. The Labute approximate surface area is 88.7 Å². The van der Waals surface area contributed by atoms with Gasteiger partial charge in [-0.2, -0.15) is 0 Å². The summed E-state index contributed by atoms with van der Waals surface area (Å²) in [5.74, 6) is 0.622. The van der Waals surface area contributed by atoms with Gasteiger partial charge in [0.2, 0.25) is 0 Å². The molecule has 0 aromatic carbocycles. The summed E-state index contributed by atoms with van der Waals surface area (Å²) in [5, 5.41) is 0. The number of aromatic amines is 1. The van der Waals surface area contributed by atoms with Crippen LogP contribution in [-0.4, -0.2) is 14.5 Å². The van der Waals surface area contributed by atoms with Gasteiger partial charge in [0.25, 0.3) is 0 Å². The molecule has 2 rings (SSSR count). The third-order valence-electron chi connectivity index (χ3n) is 1.90. The van der Waals surface area contributed by atoms with Crippen LogP contribution >= 0.6 is 15.9 Å². The van der Waals surface area contributed by atoms with Crippen molar-refractivity contribution in [1.82, 2.24) is 14.5 Å². The molecule has 0 aliphatic rings. The van der Waals surface area contributed by atoms with Crippen molar-refractivity contribution in [2.24, 2.45) is 0 Å². The summed E-state index contributed by atoms with van der Waals surface area (Å²) in [7, 11) is 0. The Bertz CT molecular complexity index is 515. The fourth-order valence-electron chi connectivity index (χ4n) is 1.17. The van der Waals surface area contributed by atoms with E-state index in [0.717, 1.165) is 10.2 Å². The highest BCUT2D eigenvalue weighted by atomic mass is 79.9. The molecular formula is C9H8BrN3O. The molecule has 0 unspecified atom stereocenters. The highest BCUT2D eigenvalue weighted by Crippen LogP contribution is 2.14. The van der Waals surface area contributed by atoms with Crippen LogP contribution in [0.5, 0.6) is 0 Å². The van der Waals surface area contributed by atoms with Gasteiger partial charge >= 0.3 is 5.69 Å². The van der Waals surface area contributed by atoms with Gasteiger partial charge in [-0.15, -0.1) is 0 Å². The normalized spacial score (nSPS) is 10.4. The molecule has 0 saturated heterocycles. The Balaban J connectivity index is 2.59. The number of hydrogen-bond acceptors (Lipinski definition) is 2. The molecule has 0 amide bonds. The van der Waals surface area contributed by atoms with Gasteiger partial charge in [0, 0.05) is 16.9 Å². The molecule has 5 heteroatoms. The van der Waals surface area contributed by atoms with Gasteiger partial charge < -0.3 is 4.98 Å². The van der Waals surface area contributed by atoms with E-state index in [1.54, 1.807) is 18.5 Å². The van der Waals surface area contributed by atoms with E-state index >= 15 is 0 Å². The van der Waals surface area contributed by atoms with Crippen LogP contribution in [0.2, 0.25) is 0 Å². The predicted octanol–water partition coefficient (Wildman–Crippen LogP) is 1.63. The molecule has 2 heterocycles. The average molecular weight is 254 g/mol. The smallest absolute Gasteiger partial charge is 0.312 e. The van der Waals surface area contributed by atoms with Crippen LogP contribution in [0.25, 0.3) is 5.82 Å². The van der Waals surface area contributed by atoms with Crippen molar-refractivity contribution < 1.29 is 0 Å². The van der Waals surface area contributed by atoms with Gasteiger partial charge in [0.1, 0.15) is 5.82 Å². The van der Waals surface area contributed by atoms with Crippen molar-refractivity contribution in [2.75, 3.05) is 0 Å². The second kappa shape index (κ2) is 3.42. The Morgan fingerprint density at radius 3 is 2.86 bits per heavy atom. The van der Waals surface area contributed by atoms with Crippen LogP contribution in [0.15, 0.2) is 33.8 Å². The van der Waals surface area contributed by atoms with Gasteiger partial charge in [-0.05, 0) is 35.0 Å². The summed E-state index contributed by atoms with van der Waals surface area (Å²) >= 11 is 3.35. The number of halogens is 1. The fraction of sp³-hybridized carbons (Fsp3) is 0.111. The molecule has 0 saturated carbocycles. The molecule has 0 atom stereocenters. The van der Waals surface area contributed by atoms with E-state index < -0.39 is 0 Å².